The number of benzene rings is 2. The number of guanidine groups is 1. The molecule has 0 saturated heterocycles. The molecular weight excluding hydrogens is 1120 g/mol. The maximum absolute atomic E-state index is 14.6. The molecule has 0 radical (unpaired) electrons. The van der Waals surface area contributed by atoms with Crippen LogP contribution in [-0.2, 0) is 60.8 Å². The minimum absolute atomic E-state index is 0.0853. The Morgan fingerprint density at radius 3 is 1.49 bits per heavy atom. The Morgan fingerprint density at radius 1 is 0.529 bits per heavy atom. The number of unbranched alkanes of at least 4 members (excludes halogenated alkanes) is 1. The van der Waals surface area contributed by atoms with Crippen LogP contribution < -0.4 is 76.1 Å². The molecule has 478 valence electrons. The van der Waals surface area contributed by atoms with Gasteiger partial charge in [0.25, 0.3) is 0 Å². The van der Waals surface area contributed by atoms with Crippen molar-refractivity contribution in [1.82, 2.24) is 63.1 Å². The van der Waals surface area contributed by atoms with E-state index in [1.807, 2.05) is 24.3 Å². The predicted molar refractivity (Wildman–Crippen MR) is 328 cm³/mol. The van der Waals surface area contributed by atoms with Gasteiger partial charge in [-0.05, 0) is 86.6 Å². The van der Waals surface area contributed by atoms with Gasteiger partial charge in [-0.2, -0.15) is 0 Å². The summed E-state index contributed by atoms with van der Waals surface area (Å²) in [5.41, 5.74) is 25.4. The molecule has 4 rings (SSSR count). The van der Waals surface area contributed by atoms with Crippen LogP contribution in [0.25, 0.3) is 21.8 Å². The SMILES string of the molecule is CC[C@H](C)[C@H](NC(=O)CNC(=O)CNC(=O)[C@@H](NC(=O)[C@H](CCCCN)NC(=O)[C@@H](N)CCCNC(=N)N)[C@@H](C)CC)C(=O)N[C@@H](Cc1c[nH]c2ccccc12)C(=O)N[C@H](C(=O)N[C@@H](Cc1c[nH]c2ccccc12)C(=O)N[C@H](C(N)=O)C(C)C)[C@@H](C)O. The number of para-hydroxylation sites is 2. The summed E-state index contributed by atoms with van der Waals surface area (Å²) in [7, 11) is 0. The van der Waals surface area contributed by atoms with Gasteiger partial charge in [0.15, 0.2) is 5.96 Å². The molecule has 2 aromatic heterocycles. The number of hydrogen-bond acceptors (Lipinski definition) is 14. The number of aliphatic hydroxyl groups is 1. The Bertz CT molecular complexity index is 3000. The molecule has 0 spiro atoms. The second-order valence-corrected chi connectivity index (χ2v) is 22.3. The van der Waals surface area contributed by atoms with Crippen LogP contribution in [0.1, 0.15) is 105 Å². The summed E-state index contributed by atoms with van der Waals surface area (Å²) in [6.45, 7) is 11.0. The van der Waals surface area contributed by atoms with Crippen molar-refractivity contribution < 1.29 is 53.1 Å². The maximum atomic E-state index is 14.6. The smallest absolute Gasteiger partial charge is 0.245 e. The average Bonchev–Trinajstić information content (AvgIpc) is 3.20. The number of rotatable bonds is 37. The van der Waals surface area contributed by atoms with Crippen LogP contribution in [0.15, 0.2) is 60.9 Å². The number of aromatic nitrogens is 2. The van der Waals surface area contributed by atoms with Crippen molar-refractivity contribution >= 4 is 86.8 Å². The Labute approximate surface area is 506 Å². The molecule has 0 unspecified atom stereocenters. The van der Waals surface area contributed by atoms with Gasteiger partial charge in [-0.3, -0.25) is 53.4 Å². The molecule has 2 aromatic carbocycles. The highest BCUT2D eigenvalue weighted by atomic mass is 16.3. The lowest BCUT2D eigenvalue weighted by Crippen LogP contribution is -2.62. The summed E-state index contributed by atoms with van der Waals surface area (Å²) < 4.78 is 0. The van der Waals surface area contributed by atoms with E-state index in [-0.39, 0.29) is 31.6 Å². The third kappa shape index (κ3) is 22.0. The summed E-state index contributed by atoms with van der Waals surface area (Å²) in [6, 6.07) is 4.39. The molecule has 28 nitrogen and oxygen atoms in total. The Kier molecular flexibility index (Phi) is 28.6. The zero-order valence-electron chi connectivity index (χ0n) is 50.7. The number of H-pyrrole nitrogens is 2. The number of aromatic amines is 2. The van der Waals surface area contributed by atoms with Gasteiger partial charge in [0, 0.05) is 53.6 Å². The van der Waals surface area contributed by atoms with Crippen LogP contribution in [0.3, 0.4) is 0 Å². The maximum Gasteiger partial charge on any atom is 0.245 e. The van der Waals surface area contributed by atoms with Gasteiger partial charge in [-0.1, -0.05) is 90.8 Å². The third-order valence-electron chi connectivity index (χ3n) is 15.2. The van der Waals surface area contributed by atoms with E-state index in [4.69, 9.17) is 28.3 Å². The van der Waals surface area contributed by atoms with Crippen molar-refractivity contribution in [3.05, 3.63) is 72.1 Å². The molecule has 28 heteroatoms. The number of aliphatic hydroxyl groups excluding tert-OH is 1. The van der Waals surface area contributed by atoms with Gasteiger partial charge in [0.2, 0.25) is 59.1 Å². The number of hydrogen-bond donors (Lipinski definition) is 18. The first kappa shape index (κ1) is 70.9. The first-order valence-corrected chi connectivity index (χ1v) is 29.6. The van der Waals surface area contributed by atoms with E-state index in [0.29, 0.717) is 61.7 Å². The fraction of sp³-hybridized carbons (Fsp3) is 0.542. The number of carbonyl (C=O) groups excluding carboxylic acids is 10. The van der Waals surface area contributed by atoms with Gasteiger partial charge in [0.05, 0.1) is 25.2 Å². The van der Waals surface area contributed by atoms with E-state index in [1.54, 1.807) is 78.2 Å². The Morgan fingerprint density at radius 2 is 1.00 bits per heavy atom. The summed E-state index contributed by atoms with van der Waals surface area (Å²) in [6.07, 6.45) is 4.19. The highest BCUT2D eigenvalue weighted by molar-refractivity contribution is 5.99. The first-order chi connectivity index (χ1) is 41.3. The van der Waals surface area contributed by atoms with Crippen LogP contribution in [0, 0.1) is 23.2 Å². The van der Waals surface area contributed by atoms with Crippen LogP contribution in [0.4, 0.5) is 0 Å². The van der Waals surface area contributed by atoms with E-state index >= 15 is 0 Å². The molecule has 0 fully saturated rings. The molecule has 11 atom stereocenters. The number of fused-ring (bicyclic) bond motifs is 2. The zero-order chi connectivity index (χ0) is 64.5. The fourth-order valence-corrected chi connectivity index (χ4v) is 9.58. The molecule has 87 heavy (non-hydrogen) atoms. The summed E-state index contributed by atoms with van der Waals surface area (Å²) in [4.78, 5) is 143. The van der Waals surface area contributed by atoms with E-state index in [1.165, 1.54) is 6.92 Å². The first-order valence-electron chi connectivity index (χ1n) is 29.6. The summed E-state index contributed by atoms with van der Waals surface area (Å²) in [5, 5.41) is 46.1. The van der Waals surface area contributed by atoms with E-state index in [2.05, 4.69) is 63.1 Å². The van der Waals surface area contributed by atoms with Gasteiger partial charge in [-0.25, -0.2) is 0 Å². The van der Waals surface area contributed by atoms with Crippen molar-refractivity contribution in [2.45, 2.75) is 161 Å². The minimum Gasteiger partial charge on any atom is -0.391 e. The predicted octanol–water partition coefficient (Wildman–Crippen LogP) is -1.61. The molecule has 0 aliphatic heterocycles. The summed E-state index contributed by atoms with van der Waals surface area (Å²) in [5.74, 6) is -9.45. The summed E-state index contributed by atoms with van der Waals surface area (Å²) >= 11 is 0. The number of primary amides is 1. The number of nitrogens with one attached hydrogen (secondary N) is 13. The van der Waals surface area contributed by atoms with Gasteiger partial charge in [-0.15, -0.1) is 0 Å². The highest BCUT2D eigenvalue weighted by Gasteiger charge is 2.37. The number of carbonyl (C=O) groups is 10. The van der Waals surface area contributed by atoms with E-state index in [9.17, 15) is 53.1 Å². The molecule has 0 saturated carbocycles. The quantitative estimate of drug-likeness (QED) is 0.0137. The van der Waals surface area contributed by atoms with Gasteiger partial charge in [0.1, 0.15) is 42.3 Å². The second kappa shape index (κ2) is 35.1. The molecule has 2 heterocycles. The third-order valence-corrected chi connectivity index (χ3v) is 15.2. The molecular formula is C59H91N17O11. The fourth-order valence-electron chi connectivity index (χ4n) is 9.58. The lowest BCUT2D eigenvalue weighted by atomic mass is 9.97. The average molecular weight is 1210 g/mol. The lowest BCUT2D eigenvalue weighted by Gasteiger charge is -2.29. The van der Waals surface area contributed by atoms with Crippen molar-refractivity contribution in [1.29, 1.82) is 5.41 Å². The molecule has 10 amide bonds. The van der Waals surface area contributed by atoms with Crippen molar-refractivity contribution in [2.75, 3.05) is 26.2 Å². The molecule has 0 bridgehead atoms. The van der Waals surface area contributed by atoms with Crippen LogP contribution in [-0.4, -0.2) is 161 Å². The molecule has 0 aliphatic carbocycles. The van der Waals surface area contributed by atoms with Gasteiger partial charge >= 0.3 is 0 Å². The largest absolute Gasteiger partial charge is 0.391 e. The lowest BCUT2D eigenvalue weighted by molar-refractivity contribution is -0.137. The van der Waals surface area contributed by atoms with Gasteiger partial charge < -0.3 is 91.2 Å². The molecule has 22 N–H and O–H groups in total. The topological polar surface area (TPSA) is 471 Å². The number of amides is 10. The normalized spacial score (nSPS) is 15.1. The standard InChI is InChI=1S/C59H91N17O11/c1-8-32(5)48(75-53(82)42(22-14-15-23-60)70-52(81)39(61)19-16-24-65-59(63)64)56(85)69-29-45(78)68-30-46(79)73-49(33(6)9-2)57(86)71-44(26-36-28-67-41-21-13-11-18-38(36)41)55(84)76-50(34(7)77)58(87)72-43(54(83)74-47(31(3)4)51(62)80)25-35-27-66-40-20-12-10-17-37(35)40/h10-13,17-18,20-21,27-28,31-34,39,42-44,47-50,66-67,77H,8-9,14-16,19,22-26,29-30,60-61H2,1-7H3,(H2,62,80)(H,68,78)(H,69,85)(H,70,81)(H,71,86)(H,72,87)(H,73,79)(H,74,83)(H,75,82)(H,76,84)(H4,63,64,65)/t32-,33-,34+,39-,42-,43-,44-,47-,48-,49-,50-/m0/s1. The van der Waals surface area contributed by atoms with Crippen molar-refractivity contribution in [2.24, 2.45) is 40.7 Å². The van der Waals surface area contributed by atoms with Crippen LogP contribution in [0.5, 0.6) is 0 Å². The Hall–Kier alpha value is -8.63. The second-order valence-electron chi connectivity index (χ2n) is 22.3. The minimum atomic E-state index is -1.71. The highest BCUT2D eigenvalue weighted by Crippen LogP contribution is 2.22. The van der Waals surface area contributed by atoms with Crippen LogP contribution in [0.2, 0.25) is 0 Å². The number of nitrogens with two attached hydrogens (primary N) is 4. The Balaban J connectivity index is 1.48. The van der Waals surface area contributed by atoms with E-state index in [0.717, 1.165) is 16.4 Å². The monoisotopic (exact) mass is 1210 g/mol. The molecule has 4 aromatic rings. The van der Waals surface area contributed by atoms with Crippen molar-refractivity contribution in [3.8, 4) is 0 Å². The van der Waals surface area contributed by atoms with Crippen LogP contribution >= 0.6 is 0 Å². The zero-order valence-corrected chi connectivity index (χ0v) is 50.7. The van der Waals surface area contributed by atoms with Crippen molar-refractivity contribution in [3.63, 3.8) is 0 Å². The van der Waals surface area contributed by atoms with E-state index < -0.39 is 144 Å². The molecule has 0 aliphatic rings.